The number of nitrogens with one attached hydrogen (secondary N) is 1. The monoisotopic (exact) mass is 470 g/mol. The molecule has 0 unspecified atom stereocenters. The fourth-order valence-corrected chi connectivity index (χ4v) is 7.65. The Balaban J connectivity index is 1.17. The zero-order chi connectivity index (χ0) is 23.5. The number of piperazine rings is 1. The van der Waals surface area contributed by atoms with Crippen molar-refractivity contribution in [3.8, 4) is 0 Å². The molecular formula is C28H34N6O. The number of rotatable bonds is 4. The van der Waals surface area contributed by atoms with Gasteiger partial charge in [-0.1, -0.05) is 0 Å². The Morgan fingerprint density at radius 2 is 1.54 bits per heavy atom. The van der Waals surface area contributed by atoms with E-state index in [1.807, 2.05) is 16.8 Å². The molecule has 35 heavy (non-hydrogen) atoms. The highest BCUT2D eigenvalue weighted by Gasteiger charge is 2.49. The van der Waals surface area contributed by atoms with Crippen LogP contribution in [0.2, 0.25) is 0 Å². The number of likely N-dealkylation sites (N-methyl/N-ethyl adjacent to an activating group) is 1. The molecule has 0 radical (unpaired) electrons. The van der Waals surface area contributed by atoms with Gasteiger partial charge >= 0.3 is 0 Å². The van der Waals surface area contributed by atoms with Gasteiger partial charge in [-0.3, -0.25) is 9.36 Å². The van der Waals surface area contributed by atoms with Crippen molar-refractivity contribution in [1.82, 2.24) is 19.4 Å². The van der Waals surface area contributed by atoms with Gasteiger partial charge in [-0.2, -0.15) is 4.98 Å². The molecule has 5 fully saturated rings. The molecule has 7 nitrogen and oxygen atoms in total. The maximum absolute atomic E-state index is 13.2. The molecule has 8 rings (SSSR count). The third kappa shape index (κ3) is 3.80. The first-order chi connectivity index (χ1) is 17.1. The minimum Gasteiger partial charge on any atom is -0.369 e. The average molecular weight is 471 g/mol. The van der Waals surface area contributed by atoms with Crippen LogP contribution in [0.1, 0.15) is 38.1 Å². The molecule has 4 saturated carbocycles. The highest BCUT2D eigenvalue weighted by molar-refractivity contribution is 5.76. The van der Waals surface area contributed by atoms with Crippen LogP contribution in [-0.4, -0.2) is 52.7 Å². The maximum atomic E-state index is 13.2. The molecule has 1 N–H and O–H groups in total. The van der Waals surface area contributed by atoms with Crippen molar-refractivity contribution in [2.24, 2.45) is 23.7 Å². The zero-order valence-electron chi connectivity index (χ0n) is 20.4. The van der Waals surface area contributed by atoms with Gasteiger partial charge < -0.3 is 15.1 Å². The van der Waals surface area contributed by atoms with Gasteiger partial charge in [0.05, 0.1) is 0 Å². The molecule has 3 heterocycles. The van der Waals surface area contributed by atoms with Crippen molar-refractivity contribution in [2.75, 3.05) is 43.4 Å². The number of fused-ring (bicyclic) bond motifs is 1. The third-order valence-electron chi connectivity index (χ3n) is 9.13. The van der Waals surface area contributed by atoms with Gasteiger partial charge in [0.25, 0.3) is 5.56 Å². The first kappa shape index (κ1) is 21.4. The molecule has 4 aliphatic carbocycles. The van der Waals surface area contributed by atoms with Crippen LogP contribution in [-0.2, 0) is 0 Å². The molecule has 1 aromatic carbocycles. The van der Waals surface area contributed by atoms with Gasteiger partial charge in [0.15, 0.2) is 0 Å². The molecule has 0 amide bonds. The summed E-state index contributed by atoms with van der Waals surface area (Å²) in [5.41, 5.74) is 3.07. The fourth-order valence-electron chi connectivity index (χ4n) is 7.65. The highest BCUT2D eigenvalue weighted by Crippen LogP contribution is 2.58. The van der Waals surface area contributed by atoms with Gasteiger partial charge in [-0.25, -0.2) is 4.98 Å². The summed E-state index contributed by atoms with van der Waals surface area (Å²) < 4.78 is 2.03. The van der Waals surface area contributed by atoms with E-state index in [1.54, 1.807) is 6.07 Å². The van der Waals surface area contributed by atoms with E-state index in [1.165, 1.54) is 37.8 Å². The summed E-state index contributed by atoms with van der Waals surface area (Å²) in [6, 6.07) is 12.4. The number of nitrogens with zero attached hydrogens (tertiary/aromatic N) is 5. The number of benzene rings is 1. The molecular weight excluding hydrogens is 436 g/mol. The second kappa shape index (κ2) is 8.33. The molecule has 0 atom stereocenters. The van der Waals surface area contributed by atoms with Crippen LogP contribution >= 0.6 is 0 Å². The zero-order valence-corrected chi connectivity index (χ0v) is 20.4. The lowest BCUT2D eigenvalue weighted by atomic mass is 9.54. The van der Waals surface area contributed by atoms with E-state index in [4.69, 9.17) is 4.98 Å². The van der Waals surface area contributed by atoms with Crippen LogP contribution in [0.5, 0.6) is 0 Å². The molecule has 182 valence electrons. The summed E-state index contributed by atoms with van der Waals surface area (Å²) in [5.74, 6) is 3.53. The Labute approximate surface area is 206 Å². The molecule has 3 aromatic rings. The predicted molar refractivity (Wildman–Crippen MR) is 139 cm³/mol. The first-order valence-corrected chi connectivity index (χ1v) is 13.3. The van der Waals surface area contributed by atoms with Gasteiger partial charge in [0, 0.05) is 61.2 Å². The van der Waals surface area contributed by atoms with Crippen LogP contribution in [0.4, 0.5) is 17.3 Å². The van der Waals surface area contributed by atoms with Crippen molar-refractivity contribution in [3.63, 3.8) is 0 Å². The van der Waals surface area contributed by atoms with Crippen molar-refractivity contribution in [3.05, 3.63) is 52.9 Å². The number of hydrogen-bond donors (Lipinski definition) is 1. The van der Waals surface area contributed by atoms with Crippen molar-refractivity contribution < 1.29 is 0 Å². The number of hydrogen-bond acceptors (Lipinski definition) is 6. The van der Waals surface area contributed by atoms with Gasteiger partial charge in [0.1, 0.15) is 5.65 Å². The fraction of sp³-hybridized carbons (Fsp3) is 0.536. The summed E-state index contributed by atoms with van der Waals surface area (Å²) in [4.78, 5) is 27.5. The smallest absolute Gasteiger partial charge is 0.252 e. The van der Waals surface area contributed by atoms with E-state index < -0.39 is 0 Å². The topological polar surface area (TPSA) is 66.3 Å². The van der Waals surface area contributed by atoms with Crippen LogP contribution in [0.3, 0.4) is 0 Å². The molecule has 1 aliphatic heterocycles. The van der Waals surface area contributed by atoms with Crippen LogP contribution in [0, 0.1) is 23.7 Å². The van der Waals surface area contributed by atoms with Gasteiger partial charge in [0.2, 0.25) is 5.95 Å². The molecule has 2 aromatic heterocycles. The molecule has 1 saturated heterocycles. The molecule has 0 spiro atoms. The predicted octanol–water partition coefficient (Wildman–Crippen LogP) is 4.28. The Hall–Kier alpha value is -2.93. The minimum absolute atomic E-state index is 0.0798. The largest absolute Gasteiger partial charge is 0.369 e. The normalized spacial score (nSPS) is 30.2. The number of aromatic nitrogens is 3. The Kier molecular flexibility index (Phi) is 5.08. The van der Waals surface area contributed by atoms with E-state index in [0.717, 1.165) is 54.7 Å². The summed E-state index contributed by atoms with van der Waals surface area (Å²) in [7, 11) is 2.18. The van der Waals surface area contributed by atoms with E-state index in [-0.39, 0.29) is 11.6 Å². The van der Waals surface area contributed by atoms with Gasteiger partial charge in [-0.05, 0) is 93.2 Å². The summed E-state index contributed by atoms with van der Waals surface area (Å²) in [5, 5.41) is 4.32. The highest BCUT2D eigenvalue weighted by atomic mass is 16.1. The minimum atomic E-state index is 0.0798. The number of pyridine rings is 1. The molecule has 5 aliphatic rings. The summed E-state index contributed by atoms with van der Waals surface area (Å²) in [6.07, 6.45) is 8.36. The Morgan fingerprint density at radius 1 is 0.857 bits per heavy atom. The standard InChI is InChI=1S/C28H34N6O/c1-32-8-10-33(11-9-32)24-5-3-23(4-6-24)30-28-29-17-20-2-7-25(35)34(27(20)31-28)26-21-13-18-12-19(15-21)16-22(26)14-18/h2-7,17-19,21-22,26H,8-16H2,1H3,(H,29,30,31). The van der Waals surface area contributed by atoms with E-state index in [2.05, 4.69) is 51.4 Å². The van der Waals surface area contributed by atoms with Crippen molar-refractivity contribution in [2.45, 2.75) is 38.1 Å². The van der Waals surface area contributed by atoms with Crippen molar-refractivity contribution in [1.29, 1.82) is 0 Å². The number of anilines is 3. The van der Waals surface area contributed by atoms with E-state index >= 15 is 0 Å². The van der Waals surface area contributed by atoms with E-state index in [0.29, 0.717) is 17.8 Å². The first-order valence-electron chi connectivity index (χ1n) is 13.3. The second-order valence-electron chi connectivity index (χ2n) is 11.4. The quantitative estimate of drug-likeness (QED) is 0.614. The SMILES string of the molecule is CN1CCN(c2ccc(Nc3ncc4ccc(=O)n(C5C6CC7CC(C6)CC5C7)c4n3)cc2)CC1. The third-order valence-corrected chi connectivity index (χ3v) is 9.13. The Bertz CT molecular complexity index is 1270. The lowest BCUT2D eigenvalue weighted by molar-refractivity contribution is -0.0289. The Morgan fingerprint density at radius 3 is 2.23 bits per heavy atom. The molecule has 4 bridgehead atoms. The van der Waals surface area contributed by atoms with E-state index in [9.17, 15) is 4.79 Å². The summed E-state index contributed by atoms with van der Waals surface area (Å²) in [6.45, 7) is 4.30. The van der Waals surface area contributed by atoms with Crippen LogP contribution < -0.4 is 15.8 Å². The maximum Gasteiger partial charge on any atom is 0.252 e. The molecule has 7 heteroatoms. The second-order valence-corrected chi connectivity index (χ2v) is 11.4. The summed E-state index contributed by atoms with van der Waals surface area (Å²) >= 11 is 0. The van der Waals surface area contributed by atoms with Gasteiger partial charge in [-0.15, -0.1) is 0 Å². The van der Waals surface area contributed by atoms with Crippen LogP contribution in [0.15, 0.2) is 47.4 Å². The lowest BCUT2D eigenvalue weighted by Gasteiger charge is -2.54. The average Bonchev–Trinajstić information content (AvgIpc) is 2.86. The lowest BCUT2D eigenvalue weighted by Crippen LogP contribution is -2.48. The van der Waals surface area contributed by atoms with Crippen molar-refractivity contribution >= 4 is 28.4 Å². The van der Waals surface area contributed by atoms with Crippen LogP contribution in [0.25, 0.3) is 11.0 Å².